The number of rotatable bonds is 4. The van der Waals surface area contributed by atoms with Gasteiger partial charge in [0.05, 0.1) is 17.1 Å². The van der Waals surface area contributed by atoms with Crippen LogP contribution in [0.1, 0.15) is 31.4 Å². The van der Waals surface area contributed by atoms with Gasteiger partial charge in [-0.05, 0) is 49.9 Å². The lowest BCUT2D eigenvalue weighted by Gasteiger charge is -2.39. The first-order chi connectivity index (χ1) is 17.0. The molecule has 2 N–H and O–H groups in total. The summed E-state index contributed by atoms with van der Waals surface area (Å²) in [5, 5.41) is 4.41. The number of nitrogens with one attached hydrogen (secondary N) is 2. The van der Waals surface area contributed by atoms with Gasteiger partial charge in [0.25, 0.3) is 5.91 Å². The Morgan fingerprint density at radius 2 is 1.89 bits per heavy atom. The molecular weight excluding hydrogens is 458 g/mol. The van der Waals surface area contributed by atoms with Gasteiger partial charge in [-0.3, -0.25) is 4.79 Å². The van der Waals surface area contributed by atoms with E-state index in [1.54, 1.807) is 11.0 Å². The van der Waals surface area contributed by atoms with Crippen molar-refractivity contribution in [3.05, 3.63) is 64.3 Å². The second-order valence-corrected chi connectivity index (χ2v) is 9.03. The summed E-state index contributed by atoms with van der Waals surface area (Å²) >= 11 is 0. The number of aromatic nitrogens is 2. The van der Waals surface area contributed by atoms with Crippen molar-refractivity contribution >= 4 is 33.5 Å². The fourth-order valence-corrected chi connectivity index (χ4v) is 5.15. The van der Waals surface area contributed by atoms with Gasteiger partial charge < -0.3 is 24.4 Å². The van der Waals surface area contributed by atoms with E-state index in [1.165, 1.54) is 24.3 Å². The summed E-state index contributed by atoms with van der Waals surface area (Å²) in [5.41, 5.74) is 1.60. The number of amides is 1. The number of fused-ring (bicyclic) bond motifs is 4. The number of hydrogen-bond donors (Lipinski definition) is 2. The van der Waals surface area contributed by atoms with E-state index < -0.39 is 17.3 Å². The summed E-state index contributed by atoms with van der Waals surface area (Å²) in [6.07, 6.45) is 4.23. The molecular formula is C25H22F2N4O4. The highest BCUT2D eigenvalue weighted by Gasteiger charge is 2.35. The summed E-state index contributed by atoms with van der Waals surface area (Å²) in [4.78, 5) is 33.7. The Morgan fingerprint density at radius 1 is 1.06 bits per heavy atom. The molecule has 0 unspecified atom stereocenters. The van der Waals surface area contributed by atoms with Crippen molar-refractivity contribution in [2.75, 3.05) is 11.5 Å². The molecule has 0 radical (unpaired) electrons. The molecule has 0 saturated heterocycles. The molecule has 3 aromatic heterocycles. The smallest absolute Gasteiger partial charge is 0.345 e. The Labute approximate surface area is 197 Å². The van der Waals surface area contributed by atoms with Crippen LogP contribution < -0.4 is 20.6 Å². The lowest BCUT2D eigenvalue weighted by atomic mass is 9.89. The highest BCUT2D eigenvalue weighted by atomic mass is 19.1. The summed E-state index contributed by atoms with van der Waals surface area (Å²) in [6, 6.07) is 7.25. The molecule has 4 aromatic rings. The predicted octanol–water partition coefficient (Wildman–Crippen LogP) is 3.77. The summed E-state index contributed by atoms with van der Waals surface area (Å²) in [6.45, 7) is 0.394. The van der Waals surface area contributed by atoms with Gasteiger partial charge in [0.2, 0.25) is 5.88 Å². The first kappa shape index (κ1) is 21.7. The van der Waals surface area contributed by atoms with Gasteiger partial charge >= 0.3 is 5.63 Å². The molecule has 0 spiro atoms. The molecule has 4 heterocycles. The third kappa shape index (κ3) is 3.93. The van der Waals surface area contributed by atoms with E-state index in [-0.39, 0.29) is 30.5 Å². The van der Waals surface area contributed by atoms with Gasteiger partial charge in [-0.25, -0.2) is 18.6 Å². The standard InChI is InChI=1S/C25H22F2N4O4/c26-13-1-6-21-18(7-13)23-19(25(33)35-21)9-16(30-23)11-28-15-2-4-17(5-3-15)31-20-8-14(27)10-29-24(20)34-12-22(31)32/h1,6-10,15,17,28,30H,2-5,11-12H2/t15-,17-. The van der Waals surface area contributed by atoms with Gasteiger partial charge in [0, 0.05) is 35.8 Å². The molecule has 180 valence electrons. The van der Waals surface area contributed by atoms with Crippen LogP contribution in [0, 0.1) is 11.6 Å². The molecule has 1 aliphatic heterocycles. The van der Waals surface area contributed by atoms with E-state index in [1.807, 2.05) is 0 Å². The second-order valence-electron chi connectivity index (χ2n) is 9.03. The molecule has 0 atom stereocenters. The first-order valence-corrected chi connectivity index (χ1v) is 11.5. The van der Waals surface area contributed by atoms with E-state index >= 15 is 0 Å². The van der Waals surface area contributed by atoms with Crippen molar-refractivity contribution in [2.24, 2.45) is 0 Å². The summed E-state index contributed by atoms with van der Waals surface area (Å²) in [7, 11) is 0. The van der Waals surface area contributed by atoms with Crippen LogP contribution in [0.25, 0.3) is 21.9 Å². The maximum atomic E-state index is 13.8. The minimum atomic E-state index is -0.509. The largest absolute Gasteiger partial charge is 0.466 e. The topological polar surface area (TPSA) is 100 Å². The van der Waals surface area contributed by atoms with Crippen LogP contribution in [-0.4, -0.2) is 34.6 Å². The van der Waals surface area contributed by atoms with Crippen molar-refractivity contribution in [3.8, 4) is 5.88 Å². The molecule has 1 aliphatic carbocycles. The van der Waals surface area contributed by atoms with Crippen LogP contribution in [-0.2, 0) is 11.3 Å². The Morgan fingerprint density at radius 3 is 2.71 bits per heavy atom. The van der Waals surface area contributed by atoms with Gasteiger partial charge in [0.15, 0.2) is 6.61 Å². The predicted molar refractivity (Wildman–Crippen MR) is 124 cm³/mol. The third-order valence-corrected chi connectivity index (χ3v) is 6.81. The molecule has 1 amide bonds. The lowest BCUT2D eigenvalue weighted by Crippen LogP contribution is -2.49. The van der Waals surface area contributed by atoms with Gasteiger partial charge in [-0.15, -0.1) is 0 Å². The van der Waals surface area contributed by atoms with Gasteiger partial charge in [0.1, 0.15) is 22.9 Å². The lowest BCUT2D eigenvalue weighted by molar-refractivity contribution is -0.122. The fraction of sp³-hybridized carbons (Fsp3) is 0.320. The van der Waals surface area contributed by atoms with E-state index in [0.29, 0.717) is 34.1 Å². The molecule has 2 aliphatic rings. The Bertz CT molecular complexity index is 1510. The molecule has 10 heteroatoms. The van der Waals surface area contributed by atoms with Crippen LogP contribution in [0.5, 0.6) is 5.88 Å². The number of hydrogen-bond acceptors (Lipinski definition) is 6. The van der Waals surface area contributed by atoms with Crippen LogP contribution in [0.2, 0.25) is 0 Å². The van der Waals surface area contributed by atoms with E-state index in [9.17, 15) is 18.4 Å². The molecule has 6 rings (SSSR count). The average molecular weight is 480 g/mol. The maximum Gasteiger partial charge on any atom is 0.345 e. The van der Waals surface area contributed by atoms with Crippen molar-refractivity contribution in [1.82, 2.24) is 15.3 Å². The Hall–Kier alpha value is -3.79. The molecule has 1 aromatic carbocycles. The van der Waals surface area contributed by atoms with Crippen molar-refractivity contribution < 1.29 is 22.7 Å². The number of benzene rings is 1. The Kier molecular flexibility index (Phi) is 5.25. The fourth-order valence-electron chi connectivity index (χ4n) is 5.15. The zero-order valence-electron chi connectivity index (χ0n) is 18.6. The van der Waals surface area contributed by atoms with Crippen molar-refractivity contribution in [1.29, 1.82) is 0 Å². The highest BCUT2D eigenvalue weighted by molar-refractivity contribution is 6.02. The van der Waals surface area contributed by atoms with E-state index in [4.69, 9.17) is 9.15 Å². The number of H-pyrrole nitrogens is 1. The highest BCUT2D eigenvalue weighted by Crippen LogP contribution is 2.36. The minimum Gasteiger partial charge on any atom is -0.466 e. The average Bonchev–Trinajstić information content (AvgIpc) is 3.29. The SMILES string of the molecule is O=C1COc2ncc(F)cc2N1[C@H]1CC[C@H](NCc2cc3c(=O)oc4ccc(F)cc4c3[nH]2)CC1. The number of pyridine rings is 1. The Balaban J connectivity index is 1.14. The molecule has 0 bridgehead atoms. The molecule has 35 heavy (non-hydrogen) atoms. The second kappa shape index (κ2) is 8.46. The zero-order valence-corrected chi connectivity index (χ0v) is 18.6. The number of anilines is 1. The molecule has 1 saturated carbocycles. The zero-order chi connectivity index (χ0) is 24.1. The number of ether oxygens (including phenoxy) is 1. The quantitative estimate of drug-likeness (QED) is 0.432. The van der Waals surface area contributed by atoms with Crippen LogP contribution in [0.4, 0.5) is 14.5 Å². The third-order valence-electron chi connectivity index (χ3n) is 6.81. The number of carbonyl (C=O) groups is 1. The van der Waals surface area contributed by atoms with E-state index in [0.717, 1.165) is 37.6 Å². The van der Waals surface area contributed by atoms with Crippen LogP contribution in [0.3, 0.4) is 0 Å². The number of nitrogens with zero attached hydrogens (tertiary/aromatic N) is 2. The van der Waals surface area contributed by atoms with Crippen LogP contribution >= 0.6 is 0 Å². The van der Waals surface area contributed by atoms with Gasteiger partial charge in [-0.2, -0.15) is 0 Å². The van der Waals surface area contributed by atoms with Crippen molar-refractivity contribution in [2.45, 2.75) is 44.3 Å². The molecule has 8 nitrogen and oxygen atoms in total. The maximum absolute atomic E-state index is 13.8. The van der Waals surface area contributed by atoms with E-state index in [2.05, 4.69) is 15.3 Å². The number of carbonyl (C=O) groups excluding carboxylic acids is 1. The van der Waals surface area contributed by atoms with Gasteiger partial charge in [-0.1, -0.05) is 0 Å². The molecule has 1 fully saturated rings. The number of aromatic amines is 1. The summed E-state index contributed by atoms with van der Waals surface area (Å²) in [5.74, 6) is -0.826. The van der Waals surface area contributed by atoms with Crippen LogP contribution in [0.15, 0.2) is 45.7 Å². The minimum absolute atomic E-state index is 0.0502. The summed E-state index contributed by atoms with van der Waals surface area (Å²) < 4.78 is 38.2. The number of halogens is 2. The van der Waals surface area contributed by atoms with Crippen molar-refractivity contribution in [3.63, 3.8) is 0 Å². The normalized spacial score (nSPS) is 20.3. The monoisotopic (exact) mass is 480 g/mol. The first-order valence-electron chi connectivity index (χ1n) is 11.5.